The Kier molecular flexibility index (Phi) is 6.82. The standard InChI is InChI=1S/C16H21.C13H9.C3H6.2ClH.Zr/c1-15(4-2-3-5-15)16-9-12-6-13(10-16)8-14(7-12)11-16;1-3-7-12-10(5-1)9-11-6-2-4-8-13(11)12;1-3-2;;;/h2,4-5,12-14H,6-11H2,1H3;1-5,7-8H,9H2;1-2H3;2*1H;/q;;;;;+2/p-2. The molecule has 0 aliphatic heterocycles. The molecule has 4 fully saturated rings. The van der Waals surface area contributed by atoms with Crippen LogP contribution >= 0.6 is 0 Å². The smallest absolute Gasteiger partial charge is 1.00 e. The Hall–Kier alpha value is -0.747. The third kappa shape index (κ3) is 3.90. The summed E-state index contributed by atoms with van der Waals surface area (Å²) in [6.07, 6.45) is 18.3. The van der Waals surface area contributed by atoms with E-state index < -0.39 is 21.3 Å². The topological polar surface area (TPSA) is 0 Å². The summed E-state index contributed by atoms with van der Waals surface area (Å²) in [5.41, 5.74) is 6.97. The van der Waals surface area contributed by atoms with Crippen molar-refractivity contribution in [1.82, 2.24) is 0 Å². The average Bonchev–Trinajstić information content (AvgIpc) is 3.35. The molecule has 1 unspecified atom stereocenters. The van der Waals surface area contributed by atoms with E-state index in [0.29, 0.717) is 5.41 Å². The largest absolute Gasteiger partial charge is 1.00 e. The normalized spacial score (nSPS) is 32.6. The molecular weight excluding hydrogens is 546 g/mol. The zero-order valence-corrected chi connectivity index (χ0v) is 25.2. The number of benzene rings is 2. The Morgan fingerprint density at radius 3 is 2.11 bits per heavy atom. The third-order valence-electron chi connectivity index (χ3n) is 10.2. The number of halogens is 2. The minimum atomic E-state index is -2.13. The molecule has 0 radical (unpaired) electrons. The van der Waals surface area contributed by atoms with Crippen molar-refractivity contribution >= 4 is 6.48 Å². The molecule has 0 N–H and O–H groups in total. The first-order valence-corrected chi connectivity index (χ1v) is 16.9. The van der Waals surface area contributed by atoms with Gasteiger partial charge in [-0.2, -0.15) is 0 Å². The fourth-order valence-electron chi connectivity index (χ4n) is 9.04. The van der Waals surface area contributed by atoms with E-state index in [2.05, 4.69) is 81.5 Å². The summed E-state index contributed by atoms with van der Waals surface area (Å²) in [7, 11) is 0. The van der Waals surface area contributed by atoms with E-state index in [1.54, 1.807) is 15.3 Å². The first kappa shape index (κ1) is 25.9. The zero-order valence-electron chi connectivity index (χ0n) is 21.2. The summed E-state index contributed by atoms with van der Waals surface area (Å²) in [5.74, 6) is 3.06. The summed E-state index contributed by atoms with van der Waals surface area (Å²) in [6, 6.07) is 16.3. The van der Waals surface area contributed by atoms with E-state index in [-0.39, 0.29) is 30.2 Å². The van der Waals surface area contributed by atoms with Gasteiger partial charge in [0, 0.05) is 0 Å². The van der Waals surface area contributed by atoms with Crippen LogP contribution in [0.3, 0.4) is 0 Å². The van der Waals surface area contributed by atoms with Crippen LogP contribution in [0.4, 0.5) is 0 Å². The van der Waals surface area contributed by atoms with Gasteiger partial charge in [0.1, 0.15) is 0 Å². The molecule has 6 aliphatic rings. The van der Waals surface area contributed by atoms with Gasteiger partial charge in [-0.05, 0) is 0 Å². The molecule has 3 heteroatoms. The zero-order chi connectivity index (χ0) is 22.4. The van der Waals surface area contributed by atoms with Gasteiger partial charge >= 0.3 is 208 Å². The second-order valence-corrected chi connectivity index (χ2v) is 19.5. The number of hydrogen-bond donors (Lipinski definition) is 0. The summed E-state index contributed by atoms with van der Waals surface area (Å²) >= 11 is -2.13. The molecule has 4 bridgehead atoms. The molecule has 0 amide bonds. The Morgan fingerprint density at radius 2 is 1.46 bits per heavy atom. The van der Waals surface area contributed by atoms with Crippen LogP contribution in [0.25, 0.3) is 11.1 Å². The van der Waals surface area contributed by atoms with Crippen molar-refractivity contribution in [3.8, 4) is 11.1 Å². The Balaban J connectivity index is 0.00000127. The van der Waals surface area contributed by atoms with Gasteiger partial charge in [0.15, 0.2) is 0 Å². The number of fused-ring (bicyclic) bond motifs is 3. The summed E-state index contributed by atoms with van der Waals surface area (Å²) < 4.78 is 5.20. The van der Waals surface area contributed by atoms with Crippen LogP contribution in [-0.4, -0.2) is 3.21 Å². The van der Waals surface area contributed by atoms with Crippen LogP contribution in [0.1, 0.15) is 70.4 Å². The molecule has 35 heavy (non-hydrogen) atoms. The minimum Gasteiger partial charge on any atom is -1.00 e. The second kappa shape index (κ2) is 9.22. The molecule has 8 rings (SSSR count). The van der Waals surface area contributed by atoms with E-state index in [1.807, 2.05) is 0 Å². The maximum absolute atomic E-state index is 2.82. The Morgan fingerprint density at radius 1 is 0.829 bits per heavy atom. The van der Waals surface area contributed by atoms with Crippen LogP contribution in [-0.2, 0) is 27.7 Å². The number of hydrogen-bond acceptors (Lipinski definition) is 0. The fraction of sp³-hybridized carbons (Fsp3) is 0.469. The van der Waals surface area contributed by atoms with Crippen molar-refractivity contribution in [3.05, 3.63) is 75.1 Å². The van der Waals surface area contributed by atoms with Crippen LogP contribution in [0.5, 0.6) is 0 Å². The van der Waals surface area contributed by atoms with E-state index >= 15 is 0 Å². The van der Waals surface area contributed by atoms with Crippen molar-refractivity contribution in [2.75, 3.05) is 0 Å². The fourth-order valence-corrected chi connectivity index (χ4v) is 16.2. The van der Waals surface area contributed by atoms with Gasteiger partial charge in [-0.25, -0.2) is 0 Å². The maximum atomic E-state index is 2.82. The van der Waals surface area contributed by atoms with Crippen LogP contribution < -0.4 is 28.1 Å². The summed E-state index contributed by atoms with van der Waals surface area (Å²) in [5, 5.41) is 0. The van der Waals surface area contributed by atoms with E-state index in [1.165, 1.54) is 55.2 Å². The van der Waals surface area contributed by atoms with Crippen molar-refractivity contribution in [3.63, 3.8) is 0 Å². The van der Waals surface area contributed by atoms with Crippen LogP contribution in [0, 0.1) is 28.6 Å². The summed E-state index contributed by atoms with van der Waals surface area (Å²) in [6.45, 7) is 7.48. The van der Waals surface area contributed by atoms with Crippen molar-refractivity contribution in [2.45, 2.75) is 65.7 Å². The molecule has 4 saturated carbocycles. The predicted molar refractivity (Wildman–Crippen MR) is 137 cm³/mol. The van der Waals surface area contributed by atoms with Crippen LogP contribution in [0.2, 0.25) is 0 Å². The molecule has 182 valence electrons. The van der Waals surface area contributed by atoms with Crippen LogP contribution in [0.15, 0.2) is 64.0 Å². The molecule has 6 aliphatic carbocycles. The molecule has 0 saturated heterocycles. The molecule has 0 heterocycles. The van der Waals surface area contributed by atoms with Gasteiger partial charge in [0.2, 0.25) is 0 Å². The maximum Gasteiger partial charge on any atom is -1.00 e. The monoisotopic (exact) mass is 580 g/mol. The van der Waals surface area contributed by atoms with Crippen molar-refractivity contribution < 1.29 is 46.1 Å². The second-order valence-electron chi connectivity index (χ2n) is 12.5. The third-order valence-corrected chi connectivity index (χ3v) is 17.3. The molecule has 0 spiro atoms. The van der Waals surface area contributed by atoms with Gasteiger partial charge in [-0.15, -0.1) is 0 Å². The first-order valence-electron chi connectivity index (χ1n) is 13.3. The number of rotatable bonds is 3. The average molecular weight is 583 g/mol. The van der Waals surface area contributed by atoms with Gasteiger partial charge in [-0.1, -0.05) is 0 Å². The molecule has 2 aromatic carbocycles. The molecule has 0 nitrogen and oxygen atoms in total. The van der Waals surface area contributed by atoms with Gasteiger partial charge in [-0.3, -0.25) is 0 Å². The number of allylic oxidation sites excluding steroid dienone is 4. The molecule has 1 atom stereocenters. The van der Waals surface area contributed by atoms with Crippen molar-refractivity contribution in [1.29, 1.82) is 0 Å². The van der Waals surface area contributed by atoms with E-state index in [0.717, 1.165) is 24.2 Å². The van der Waals surface area contributed by atoms with Gasteiger partial charge in [0.25, 0.3) is 0 Å². The van der Waals surface area contributed by atoms with Crippen molar-refractivity contribution in [2.24, 2.45) is 28.6 Å². The molecular formula is C32H36Cl2Zr. The Bertz CT molecular complexity index is 1230. The quantitative estimate of drug-likeness (QED) is 0.438. The van der Waals surface area contributed by atoms with Gasteiger partial charge < -0.3 is 24.8 Å². The molecule has 2 aromatic rings. The molecule has 0 aromatic heterocycles. The SMILES string of the molecule is C[C](C)=[Zr+2]([C]1=CC(C)(C23CC4CC(CC(C4)C2)C3)C=C1)[c]1cccc2c1Cc1ccccc1-2.[Cl-].[Cl-]. The van der Waals surface area contributed by atoms with Gasteiger partial charge in [0.05, 0.1) is 0 Å². The predicted octanol–water partition coefficient (Wildman–Crippen LogP) is 1.40. The Labute approximate surface area is 231 Å². The first-order chi connectivity index (χ1) is 15.9. The summed E-state index contributed by atoms with van der Waals surface area (Å²) in [4.78, 5) is 0. The van der Waals surface area contributed by atoms with E-state index in [9.17, 15) is 0 Å². The van der Waals surface area contributed by atoms with E-state index in [4.69, 9.17) is 0 Å². The minimum absolute atomic E-state index is 0.